The Morgan fingerprint density at radius 2 is 1.90 bits per heavy atom. The molecule has 4 aliphatic rings. The smallest absolute Gasteiger partial charge is 0.268 e. The Labute approximate surface area is 234 Å². The number of aliphatic hydroxyl groups is 2. The maximum atomic E-state index is 14.5. The van der Waals surface area contributed by atoms with E-state index in [-0.39, 0.29) is 35.3 Å². The van der Waals surface area contributed by atoms with Crippen molar-refractivity contribution in [3.8, 4) is 11.6 Å². The van der Waals surface area contributed by atoms with Crippen molar-refractivity contribution in [3.63, 3.8) is 0 Å². The minimum absolute atomic E-state index is 0.00492. The highest BCUT2D eigenvalue weighted by Crippen LogP contribution is 2.71. The number of aliphatic hydroxyl groups excluding tert-OH is 1. The Morgan fingerprint density at radius 3 is 2.48 bits per heavy atom. The zero-order valence-electron chi connectivity index (χ0n) is 21.5. The third kappa shape index (κ3) is 3.05. The molecule has 1 aromatic heterocycles. The van der Waals surface area contributed by atoms with Gasteiger partial charge in [0, 0.05) is 37.4 Å². The van der Waals surface area contributed by atoms with E-state index in [1.165, 1.54) is 13.2 Å². The average Bonchev–Trinajstić information content (AvgIpc) is 3.40. The van der Waals surface area contributed by atoms with Crippen LogP contribution in [0.5, 0.6) is 11.6 Å². The largest absolute Gasteiger partial charge is 0.481 e. The molecule has 3 heterocycles. The van der Waals surface area contributed by atoms with E-state index in [2.05, 4.69) is 9.83 Å². The molecule has 2 N–H and O–H groups in total. The summed E-state index contributed by atoms with van der Waals surface area (Å²) in [4.78, 5) is 9.50. The molecule has 10 heteroatoms. The highest BCUT2D eigenvalue weighted by molar-refractivity contribution is 6.29. The number of methoxy groups -OCH3 is 1. The number of alkyl halides is 2. The fourth-order valence-electron chi connectivity index (χ4n) is 7.54. The Morgan fingerprint density at radius 1 is 1.20 bits per heavy atom. The van der Waals surface area contributed by atoms with Gasteiger partial charge in [0.2, 0.25) is 5.88 Å². The predicted molar refractivity (Wildman–Crippen MR) is 142 cm³/mol. The number of hydrogen-bond acceptors (Lipinski definition) is 6. The van der Waals surface area contributed by atoms with Gasteiger partial charge >= 0.3 is 0 Å². The lowest BCUT2D eigenvalue weighted by atomic mass is 9.70. The quantitative estimate of drug-likeness (QED) is 0.334. The highest BCUT2D eigenvalue weighted by Gasteiger charge is 2.80. The van der Waals surface area contributed by atoms with Gasteiger partial charge in [-0.1, -0.05) is 66.2 Å². The lowest BCUT2D eigenvalue weighted by Crippen LogP contribution is -2.56. The second kappa shape index (κ2) is 8.37. The van der Waals surface area contributed by atoms with Crippen LogP contribution < -0.4 is 9.47 Å². The average molecular weight is 566 g/mol. The summed E-state index contributed by atoms with van der Waals surface area (Å²) in [5, 5.41) is 25.1. The molecule has 1 saturated heterocycles. The number of benzene rings is 2. The SMILES string of the molecule is [C-]#[N+]c1ccc([C@@]23Oc4cc(Cl)nc(OC)c4[C@]2(O)[C@H](O)[C@H](CN2CCC24CC4(F)F)[C@H]3c2ccccc2)cc1. The number of rotatable bonds is 5. The molecule has 0 bridgehead atoms. The summed E-state index contributed by atoms with van der Waals surface area (Å²) < 4.78 is 41.3. The second-order valence-electron chi connectivity index (χ2n) is 11.2. The predicted octanol–water partition coefficient (Wildman–Crippen LogP) is 5.03. The van der Waals surface area contributed by atoms with E-state index >= 15 is 0 Å². The molecule has 2 saturated carbocycles. The molecule has 0 amide bonds. The maximum absolute atomic E-state index is 14.5. The van der Waals surface area contributed by atoms with Crippen LogP contribution in [0.3, 0.4) is 0 Å². The van der Waals surface area contributed by atoms with Crippen molar-refractivity contribution in [2.24, 2.45) is 5.92 Å². The molecular formula is C30H26ClF2N3O4. The van der Waals surface area contributed by atoms with Crippen molar-refractivity contribution in [2.45, 2.75) is 47.5 Å². The van der Waals surface area contributed by atoms with Crippen LogP contribution in [0.2, 0.25) is 5.15 Å². The van der Waals surface area contributed by atoms with Crippen LogP contribution in [0.25, 0.3) is 4.85 Å². The first kappa shape index (κ1) is 25.7. The number of ether oxygens (including phenoxy) is 2. The van der Waals surface area contributed by atoms with Gasteiger partial charge in [-0.25, -0.2) is 18.6 Å². The molecule has 1 spiro atoms. The first-order valence-corrected chi connectivity index (χ1v) is 13.5. The Kier molecular flexibility index (Phi) is 5.37. The van der Waals surface area contributed by atoms with Gasteiger partial charge in [-0.05, 0) is 17.5 Å². The van der Waals surface area contributed by atoms with Gasteiger partial charge < -0.3 is 19.7 Å². The highest BCUT2D eigenvalue weighted by atomic mass is 35.5. The van der Waals surface area contributed by atoms with Crippen LogP contribution in [0.15, 0.2) is 60.7 Å². The van der Waals surface area contributed by atoms with Gasteiger partial charge in [-0.3, -0.25) is 4.90 Å². The standard InChI is InChI=1S/C30H26ClF2N3O4/c1-34-19-10-8-18(9-11-19)30-23(17-6-4-3-5-7-17)20(15-36-13-12-27(36)16-28(27,32)33)25(37)29(30,38)24-21(40-30)14-22(31)35-26(24)39-2/h3-11,14,20,23,25,37-38H,12-13,15-16H2,2H3/t20-,23-,25-,27?,29+,30+/m1/s1. The van der Waals surface area contributed by atoms with Crippen molar-refractivity contribution in [3.05, 3.63) is 93.9 Å². The Hall–Kier alpha value is -3.29. The van der Waals surface area contributed by atoms with Gasteiger partial charge in [-0.2, -0.15) is 0 Å². The number of hydrogen-bond donors (Lipinski definition) is 2. The zero-order valence-corrected chi connectivity index (χ0v) is 22.3. The Bertz CT molecular complexity index is 1550. The number of likely N-dealkylation sites (tertiary alicyclic amines) is 1. The van der Waals surface area contributed by atoms with E-state index in [0.29, 0.717) is 24.2 Å². The molecular weight excluding hydrogens is 540 g/mol. The number of halogens is 3. The molecule has 6 atom stereocenters. The van der Waals surface area contributed by atoms with Crippen molar-refractivity contribution < 1.29 is 28.5 Å². The fourth-order valence-corrected chi connectivity index (χ4v) is 7.71. The van der Waals surface area contributed by atoms with Crippen molar-refractivity contribution in [2.75, 3.05) is 20.2 Å². The van der Waals surface area contributed by atoms with E-state index in [0.717, 1.165) is 5.56 Å². The van der Waals surface area contributed by atoms with Crippen LogP contribution in [-0.4, -0.2) is 57.9 Å². The zero-order chi connectivity index (χ0) is 28.1. The van der Waals surface area contributed by atoms with Crippen molar-refractivity contribution in [1.82, 2.24) is 9.88 Å². The normalized spacial score (nSPS) is 34.9. The third-order valence-electron chi connectivity index (χ3n) is 9.52. The third-order valence-corrected chi connectivity index (χ3v) is 9.71. The number of pyridine rings is 1. The minimum Gasteiger partial charge on any atom is -0.481 e. The summed E-state index contributed by atoms with van der Waals surface area (Å²) in [6, 6.07) is 17.5. The van der Waals surface area contributed by atoms with E-state index in [1.807, 2.05) is 30.3 Å². The molecule has 40 heavy (non-hydrogen) atoms. The maximum Gasteiger partial charge on any atom is 0.268 e. The molecule has 2 aliphatic carbocycles. The van der Waals surface area contributed by atoms with Gasteiger partial charge in [-0.15, -0.1) is 0 Å². The van der Waals surface area contributed by atoms with Gasteiger partial charge in [0.05, 0.1) is 30.9 Å². The summed E-state index contributed by atoms with van der Waals surface area (Å²) >= 11 is 6.29. The second-order valence-corrected chi connectivity index (χ2v) is 11.6. The van der Waals surface area contributed by atoms with Gasteiger partial charge in [0.1, 0.15) is 10.9 Å². The number of fused-ring (bicyclic) bond motifs is 3. The van der Waals surface area contributed by atoms with Crippen molar-refractivity contribution >= 4 is 17.3 Å². The van der Waals surface area contributed by atoms with E-state index in [1.54, 1.807) is 29.2 Å². The van der Waals surface area contributed by atoms with Gasteiger partial charge in [0.15, 0.2) is 16.9 Å². The first-order chi connectivity index (χ1) is 19.1. The molecule has 3 fully saturated rings. The van der Waals surface area contributed by atoms with Crippen LogP contribution in [0.4, 0.5) is 14.5 Å². The molecule has 2 aliphatic heterocycles. The van der Waals surface area contributed by atoms with Crippen LogP contribution in [0, 0.1) is 12.5 Å². The van der Waals surface area contributed by atoms with E-state index < -0.39 is 40.6 Å². The van der Waals surface area contributed by atoms with Crippen LogP contribution >= 0.6 is 11.6 Å². The molecule has 7 nitrogen and oxygen atoms in total. The Balaban J connectivity index is 1.47. The lowest BCUT2D eigenvalue weighted by Gasteiger charge is -2.45. The first-order valence-electron chi connectivity index (χ1n) is 13.1. The minimum atomic E-state index is -2.77. The summed E-state index contributed by atoms with van der Waals surface area (Å²) in [5.41, 5.74) is -3.08. The van der Waals surface area contributed by atoms with Crippen LogP contribution in [0.1, 0.15) is 35.4 Å². The summed E-state index contributed by atoms with van der Waals surface area (Å²) in [5.74, 6) is -3.96. The monoisotopic (exact) mass is 565 g/mol. The van der Waals surface area contributed by atoms with Crippen molar-refractivity contribution in [1.29, 1.82) is 0 Å². The summed E-state index contributed by atoms with van der Waals surface area (Å²) in [7, 11) is 1.39. The van der Waals surface area contributed by atoms with E-state index in [4.69, 9.17) is 27.6 Å². The molecule has 0 radical (unpaired) electrons. The van der Waals surface area contributed by atoms with E-state index in [9.17, 15) is 19.0 Å². The molecule has 2 aromatic carbocycles. The topological polar surface area (TPSA) is 79.4 Å². The lowest BCUT2D eigenvalue weighted by molar-refractivity contribution is -0.153. The summed E-state index contributed by atoms with van der Waals surface area (Å²) in [6.07, 6.45) is -1.27. The molecule has 206 valence electrons. The molecule has 3 aromatic rings. The van der Waals surface area contributed by atoms with Crippen LogP contribution in [-0.2, 0) is 11.2 Å². The fraction of sp³-hybridized carbons (Fsp3) is 0.400. The molecule has 7 rings (SSSR count). The number of nitrogens with zero attached hydrogens (tertiary/aromatic N) is 3. The summed E-state index contributed by atoms with van der Waals surface area (Å²) in [6.45, 7) is 8.01. The van der Waals surface area contributed by atoms with Gasteiger partial charge in [0.25, 0.3) is 5.92 Å². The molecule has 1 unspecified atom stereocenters. The number of aromatic nitrogens is 1.